The van der Waals surface area contributed by atoms with E-state index in [0.29, 0.717) is 11.3 Å². The predicted octanol–water partition coefficient (Wildman–Crippen LogP) is 2.97. The number of aromatic carboxylic acids is 1. The van der Waals surface area contributed by atoms with E-state index < -0.39 is 11.8 Å². The molecule has 0 aliphatic carbocycles. The summed E-state index contributed by atoms with van der Waals surface area (Å²) in [5, 5.41) is 9.35. The maximum atomic E-state index is 12.5. The summed E-state index contributed by atoms with van der Waals surface area (Å²) in [6, 6.07) is 10.1. The first-order valence-electron chi connectivity index (χ1n) is 6.82. The molecule has 0 fully saturated rings. The zero-order valence-corrected chi connectivity index (χ0v) is 12.2. The van der Waals surface area contributed by atoms with Gasteiger partial charge in [-0.25, -0.2) is 14.8 Å². The Bertz CT molecular complexity index is 868. The monoisotopic (exact) mass is 308 g/mol. The summed E-state index contributed by atoms with van der Waals surface area (Å²) < 4.78 is 5.15. The Hall–Kier alpha value is -3.28. The summed E-state index contributed by atoms with van der Waals surface area (Å²) in [7, 11) is 0. The number of ketones is 1. The van der Waals surface area contributed by atoms with Crippen molar-refractivity contribution in [1.29, 1.82) is 0 Å². The highest BCUT2D eigenvalue weighted by atomic mass is 16.4. The molecule has 6 nitrogen and oxygen atoms in total. The third-order valence-corrected chi connectivity index (χ3v) is 3.29. The second-order valence-corrected chi connectivity index (χ2v) is 4.93. The first kappa shape index (κ1) is 14.6. The van der Waals surface area contributed by atoms with Gasteiger partial charge in [-0.2, -0.15) is 0 Å². The number of furan rings is 1. The minimum atomic E-state index is -1.30. The molecule has 2 heterocycles. The second kappa shape index (κ2) is 5.84. The zero-order chi connectivity index (χ0) is 16.4. The van der Waals surface area contributed by atoms with Crippen molar-refractivity contribution in [3.8, 4) is 11.6 Å². The Morgan fingerprint density at radius 3 is 2.48 bits per heavy atom. The first-order valence-corrected chi connectivity index (χ1v) is 6.82. The van der Waals surface area contributed by atoms with E-state index in [9.17, 15) is 14.7 Å². The Labute approximate surface area is 131 Å². The van der Waals surface area contributed by atoms with Crippen LogP contribution in [0, 0.1) is 6.92 Å². The summed E-state index contributed by atoms with van der Waals surface area (Å²) in [5.41, 5.74) is 0.977. The van der Waals surface area contributed by atoms with Gasteiger partial charge in [-0.3, -0.25) is 4.79 Å². The third kappa shape index (κ3) is 2.87. The minimum Gasteiger partial charge on any atom is -0.476 e. The Morgan fingerprint density at radius 1 is 1.13 bits per heavy atom. The molecule has 6 heteroatoms. The van der Waals surface area contributed by atoms with E-state index in [-0.39, 0.29) is 17.1 Å². The van der Waals surface area contributed by atoms with Gasteiger partial charge in [-0.05, 0) is 19.1 Å². The number of carbonyl (C=O) groups excluding carboxylic acids is 1. The summed E-state index contributed by atoms with van der Waals surface area (Å²) in [5.74, 6) is -1.28. The summed E-state index contributed by atoms with van der Waals surface area (Å²) >= 11 is 0. The van der Waals surface area contributed by atoms with Gasteiger partial charge >= 0.3 is 5.97 Å². The van der Waals surface area contributed by atoms with Gasteiger partial charge in [0.05, 0.1) is 11.8 Å². The van der Waals surface area contributed by atoms with E-state index in [1.54, 1.807) is 36.4 Å². The maximum absolute atomic E-state index is 12.5. The molecular weight excluding hydrogens is 296 g/mol. The number of benzene rings is 1. The highest BCUT2D eigenvalue weighted by Gasteiger charge is 2.22. The van der Waals surface area contributed by atoms with Crippen LogP contribution in [0.4, 0.5) is 0 Å². The highest BCUT2D eigenvalue weighted by Crippen LogP contribution is 2.19. The van der Waals surface area contributed by atoms with Gasteiger partial charge in [0.15, 0.2) is 23.1 Å². The number of carboxylic acids is 1. The van der Waals surface area contributed by atoms with Crippen molar-refractivity contribution in [2.45, 2.75) is 6.92 Å². The van der Waals surface area contributed by atoms with E-state index in [1.165, 1.54) is 12.5 Å². The van der Waals surface area contributed by atoms with E-state index in [4.69, 9.17) is 4.42 Å². The van der Waals surface area contributed by atoms with E-state index in [0.717, 1.165) is 5.56 Å². The molecule has 0 spiro atoms. The molecule has 23 heavy (non-hydrogen) atoms. The van der Waals surface area contributed by atoms with Crippen LogP contribution in [0.5, 0.6) is 0 Å². The van der Waals surface area contributed by atoms with Gasteiger partial charge in [-0.1, -0.05) is 29.8 Å². The van der Waals surface area contributed by atoms with Crippen LogP contribution in [0.2, 0.25) is 0 Å². The SMILES string of the molecule is Cc1ccc(C(=O)c2cnc(-c3ccco3)nc2C(=O)O)cc1. The van der Waals surface area contributed by atoms with Gasteiger partial charge in [-0.15, -0.1) is 0 Å². The Balaban J connectivity index is 2.06. The number of aryl methyl sites for hydroxylation is 1. The molecule has 0 aliphatic rings. The fourth-order valence-corrected chi connectivity index (χ4v) is 2.10. The molecule has 0 amide bonds. The van der Waals surface area contributed by atoms with Crippen LogP contribution in [-0.4, -0.2) is 26.8 Å². The predicted molar refractivity (Wildman–Crippen MR) is 81.3 cm³/mol. The third-order valence-electron chi connectivity index (χ3n) is 3.29. The van der Waals surface area contributed by atoms with Crippen LogP contribution in [0.1, 0.15) is 32.0 Å². The van der Waals surface area contributed by atoms with Crippen molar-refractivity contribution in [2.75, 3.05) is 0 Å². The number of hydrogen-bond acceptors (Lipinski definition) is 5. The average Bonchev–Trinajstić information content (AvgIpc) is 3.09. The summed E-state index contributed by atoms with van der Waals surface area (Å²) in [4.78, 5) is 32.0. The summed E-state index contributed by atoms with van der Waals surface area (Å²) in [6.07, 6.45) is 2.65. The molecule has 1 aromatic carbocycles. The smallest absolute Gasteiger partial charge is 0.355 e. The first-order chi connectivity index (χ1) is 11.1. The van der Waals surface area contributed by atoms with Crippen molar-refractivity contribution in [3.63, 3.8) is 0 Å². The van der Waals surface area contributed by atoms with Crippen molar-refractivity contribution in [2.24, 2.45) is 0 Å². The van der Waals surface area contributed by atoms with Crippen molar-refractivity contribution in [1.82, 2.24) is 9.97 Å². The van der Waals surface area contributed by atoms with E-state index >= 15 is 0 Å². The number of rotatable bonds is 4. The second-order valence-electron chi connectivity index (χ2n) is 4.93. The van der Waals surface area contributed by atoms with Crippen molar-refractivity contribution in [3.05, 3.63) is 71.2 Å². The maximum Gasteiger partial charge on any atom is 0.355 e. The van der Waals surface area contributed by atoms with Crippen molar-refractivity contribution >= 4 is 11.8 Å². The molecule has 0 radical (unpaired) electrons. The van der Waals surface area contributed by atoms with Crippen LogP contribution < -0.4 is 0 Å². The Morgan fingerprint density at radius 2 is 1.87 bits per heavy atom. The summed E-state index contributed by atoms with van der Waals surface area (Å²) in [6.45, 7) is 1.90. The lowest BCUT2D eigenvalue weighted by Crippen LogP contribution is -2.13. The molecule has 1 N–H and O–H groups in total. The van der Waals surface area contributed by atoms with Crippen LogP contribution in [0.15, 0.2) is 53.3 Å². The van der Waals surface area contributed by atoms with Gasteiger partial charge in [0, 0.05) is 11.8 Å². The molecule has 3 aromatic rings. The minimum absolute atomic E-state index is 0.0586. The molecule has 0 aliphatic heterocycles. The lowest BCUT2D eigenvalue weighted by molar-refractivity contribution is 0.0686. The standard InChI is InChI=1S/C17H12N2O4/c1-10-4-6-11(7-5-10)15(20)12-9-18-16(13-3-2-8-23-13)19-14(12)17(21)22/h2-9H,1H3,(H,21,22). The molecular formula is C17H12N2O4. The van der Waals surface area contributed by atoms with Crippen LogP contribution in [-0.2, 0) is 0 Å². The quantitative estimate of drug-likeness (QED) is 0.745. The number of aromatic nitrogens is 2. The normalized spacial score (nSPS) is 10.5. The van der Waals surface area contributed by atoms with Crippen LogP contribution >= 0.6 is 0 Å². The average molecular weight is 308 g/mol. The lowest BCUT2D eigenvalue weighted by atomic mass is 10.0. The number of nitrogens with zero attached hydrogens (tertiary/aromatic N) is 2. The van der Waals surface area contributed by atoms with Crippen molar-refractivity contribution < 1.29 is 19.1 Å². The highest BCUT2D eigenvalue weighted by molar-refractivity contribution is 6.13. The van der Waals surface area contributed by atoms with E-state index in [1.807, 2.05) is 6.92 Å². The number of carboxylic acid groups (broad SMARTS) is 1. The Kier molecular flexibility index (Phi) is 3.72. The molecule has 0 atom stereocenters. The largest absolute Gasteiger partial charge is 0.476 e. The zero-order valence-electron chi connectivity index (χ0n) is 12.2. The fraction of sp³-hybridized carbons (Fsp3) is 0.0588. The molecule has 2 aromatic heterocycles. The lowest BCUT2D eigenvalue weighted by Gasteiger charge is -2.06. The number of carbonyl (C=O) groups is 2. The topological polar surface area (TPSA) is 93.3 Å². The van der Waals surface area contributed by atoms with Crippen LogP contribution in [0.3, 0.4) is 0 Å². The van der Waals surface area contributed by atoms with Gasteiger partial charge in [0.2, 0.25) is 0 Å². The molecule has 114 valence electrons. The molecule has 0 unspecified atom stereocenters. The van der Waals surface area contributed by atoms with Gasteiger partial charge in [0.1, 0.15) is 0 Å². The molecule has 0 saturated heterocycles. The number of hydrogen-bond donors (Lipinski definition) is 1. The molecule has 3 rings (SSSR count). The molecule has 0 saturated carbocycles. The van der Waals surface area contributed by atoms with Crippen LogP contribution in [0.25, 0.3) is 11.6 Å². The fourth-order valence-electron chi connectivity index (χ4n) is 2.10. The van der Waals surface area contributed by atoms with Gasteiger partial charge < -0.3 is 9.52 Å². The molecule has 0 bridgehead atoms. The van der Waals surface area contributed by atoms with E-state index in [2.05, 4.69) is 9.97 Å². The van der Waals surface area contributed by atoms with Gasteiger partial charge in [0.25, 0.3) is 0 Å².